The number of pyridine rings is 1. The molecule has 0 spiro atoms. The molecule has 1 saturated heterocycles. The number of benzene rings is 1. The van der Waals surface area contributed by atoms with Gasteiger partial charge in [-0.3, -0.25) is 9.59 Å². The summed E-state index contributed by atoms with van der Waals surface area (Å²) in [6, 6.07) is 4.09. The normalized spacial score (nSPS) is 25.3. The van der Waals surface area contributed by atoms with Crippen LogP contribution >= 0.6 is 0 Å². The molecule has 0 radical (unpaired) electrons. The molecular weight excluding hydrogens is 327 g/mol. The quantitative estimate of drug-likeness (QED) is 0.872. The summed E-state index contributed by atoms with van der Waals surface area (Å²) >= 11 is 0. The van der Waals surface area contributed by atoms with Gasteiger partial charge in [0, 0.05) is 18.0 Å². The molecule has 1 aliphatic carbocycles. The molecule has 130 valence electrons. The molecule has 25 heavy (non-hydrogen) atoms. The molecule has 0 unspecified atom stereocenters. The van der Waals surface area contributed by atoms with Gasteiger partial charge in [-0.15, -0.1) is 0 Å². The third-order valence-corrected chi connectivity index (χ3v) is 5.44. The fourth-order valence-electron chi connectivity index (χ4n) is 4.39. The number of rotatable bonds is 2. The van der Waals surface area contributed by atoms with Gasteiger partial charge in [-0.1, -0.05) is 6.42 Å². The molecule has 2 heterocycles. The van der Waals surface area contributed by atoms with E-state index < -0.39 is 29.3 Å². The van der Waals surface area contributed by atoms with E-state index in [0.717, 1.165) is 31.4 Å². The van der Waals surface area contributed by atoms with Crippen LogP contribution in [0.25, 0.3) is 10.9 Å². The molecule has 1 aliphatic heterocycles. The standard InChI is InChI=1S/C18H17FN2O4/c19-10-4-5-12-13(7-15(22)20-14(12)6-10)17(23)21-8-9-2-1-3-11(9)16(21)18(24)25/h4-7,9,11,16H,1-3,8H2,(H,20,22)(H,24,25)/t9-,11-,16-/m0/s1. The molecule has 1 saturated carbocycles. The highest BCUT2D eigenvalue weighted by Gasteiger charge is 2.49. The number of halogens is 1. The second-order valence-corrected chi connectivity index (χ2v) is 6.83. The number of hydrogen-bond acceptors (Lipinski definition) is 3. The van der Waals surface area contributed by atoms with Crippen molar-refractivity contribution in [2.75, 3.05) is 6.54 Å². The molecule has 6 nitrogen and oxygen atoms in total. The number of likely N-dealkylation sites (tertiary alicyclic amines) is 1. The van der Waals surface area contributed by atoms with Crippen LogP contribution in [0.5, 0.6) is 0 Å². The predicted molar refractivity (Wildman–Crippen MR) is 87.8 cm³/mol. The fraction of sp³-hybridized carbons (Fsp3) is 0.389. The molecular formula is C18H17FN2O4. The molecule has 1 aromatic heterocycles. The van der Waals surface area contributed by atoms with E-state index in [0.29, 0.717) is 11.9 Å². The van der Waals surface area contributed by atoms with Gasteiger partial charge in [0.2, 0.25) is 5.56 Å². The summed E-state index contributed by atoms with van der Waals surface area (Å²) in [5.41, 5.74) is -0.181. The number of aliphatic carboxylic acids is 1. The van der Waals surface area contributed by atoms with Crippen LogP contribution in [0.2, 0.25) is 0 Å². The maximum atomic E-state index is 13.4. The largest absolute Gasteiger partial charge is 0.480 e. The van der Waals surface area contributed by atoms with Crippen molar-refractivity contribution in [2.45, 2.75) is 25.3 Å². The van der Waals surface area contributed by atoms with Crippen molar-refractivity contribution < 1.29 is 19.1 Å². The van der Waals surface area contributed by atoms with Crippen molar-refractivity contribution in [1.29, 1.82) is 0 Å². The zero-order chi connectivity index (χ0) is 17.7. The van der Waals surface area contributed by atoms with Gasteiger partial charge in [-0.25, -0.2) is 9.18 Å². The SMILES string of the molecule is O=C(O)[C@@H]1[C@H]2CCC[C@H]2CN1C(=O)c1cc(=O)[nH]c2cc(F)ccc12. The van der Waals surface area contributed by atoms with E-state index in [9.17, 15) is 23.9 Å². The second-order valence-electron chi connectivity index (χ2n) is 6.83. The summed E-state index contributed by atoms with van der Waals surface area (Å²) in [4.78, 5) is 40.6. The van der Waals surface area contributed by atoms with Crippen LogP contribution in [0.3, 0.4) is 0 Å². The highest BCUT2D eigenvalue weighted by atomic mass is 19.1. The minimum atomic E-state index is -1.01. The highest BCUT2D eigenvalue weighted by molar-refractivity contribution is 6.07. The van der Waals surface area contributed by atoms with Crippen LogP contribution in [0.4, 0.5) is 4.39 Å². The van der Waals surface area contributed by atoms with Crippen LogP contribution < -0.4 is 5.56 Å². The summed E-state index contributed by atoms with van der Waals surface area (Å²) < 4.78 is 13.4. The molecule has 2 fully saturated rings. The van der Waals surface area contributed by atoms with Gasteiger partial charge in [0.25, 0.3) is 5.91 Å². The molecule has 0 bridgehead atoms. The number of nitrogens with one attached hydrogen (secondary N) is 1. The summed E-state index contributed by atoms with van der Waals surface area (Å²) in [5, 5.41) is 10.0. The molecule has 7 heteroatoms. The van der Waals surface area contributed by atoms with Crippen molar-refractivity contribution >= 4 is 22.8 Å². The number of carbonyl (C=O) groups is 2. The number of carbonyl (C=O) groups excluding carboxylic acids is 1. The predicted octanol–water partition coefficient (Wildman–Crippen LogP) is 1.99. The zero-order valence-electron chi connectivity index (χ0n) is 13.4. The Kier molecular flexibility index (Phi) is 3.59. The maximum absolute atomic E-state index is 13.4. The molecule has 4 rings (SSSR count). The van der Waals surface area contributed by atoms with Crippen LogP contribution in [-0.4, -0.2) is 39.5 Å². The van der Waals surface area contributed by atoms with Crippen molar-refractivity contribution in [1.82, 2.24) is 9.88 Å². The average Bonchev–Trinajstić information content (AvgIpc) is 3.12. The average molecular weight is 344 g/mol. The molecule has 2 aliphatic rings. The van der Waals surface area contributed by atoms with Gasteiger partial charge in [-0.2, -0.15) is 0 Å². The Morgan fingerprint density at radius 2 is 2.04 bits per heavy atom. The fourth-order valence-corrected chi connectivity index (χ4v) is 4.39. The summed E-state index contributed by atoms with van der Waals surface area (Å²) in [6.07, 6.45) is 2.70. The van der Waals surface area contributed by atoms with E-state index in [1.807, 2.05) is 0 Å². The first kappa shape index (κ1) is 15.8. The molecule has 1 amide bonds. The second kappa shape index (κ2) is 5.68. The van der Waals surface area contributed by atoms with E-state index in [2.05, 4.69) is 4.98 Å². The Morgan fingerprint density at radius 1 is 1.24 bits per heavy atom. The first-order valence-electron chi connectivity index (χ1n) is 8.32. The van der Waals surface area contributed by atoms with Gasteiger partial charge in [0.1, 0.15) is 11.9 Å². The zero-order valence-corrected chi connectivity index (χ0v) is 13.4. The van der Waals surface area contributed by atoms with Crippen molar-refractivity contribution in [2.24, 2.45) is 11.8 Å². The summed E-state index contributed by atoms with van der Waals surface area (Å²) in [6.45, 7) is 0.385. The van der Waals surface area contributed by atoms with E-state index in [4.69, 9.17) is 0 Å². The number of carboxylic acid groups (broad SMARTS) is 1. The minimum Gasteiger partial charge on any atom is -0.480 e. The molecule has 1 aromatic carbocycles. The number of H-pyrrole nitrogens is 1. The van der Waals surface area contributed by atoms with Crippen molar-refractivity contribution in [3.63, 3.8) is 0 Å². The summed E-state index contributed by atoms with van der Waals surface area (Å²) in [5.74, 6) is -1.86. The smallest absolute Gasteiger partial charge is 0.326 e. The maximum Gasteiger partial charge on any atom is 0.326 e. The lowest BCUT2D eigenvalue weighted by atomic mass is 9.94. The lowest BCUT2D eigenvalue weighted by Gasteiger charge is -2.25. The van der Waals surface area contributed by atoms with Gasteiger partial charge < -0.3 is 15.0 Å². The Hall–Kier alpha value is -2.70. The third-order valence-electron chi connectivity index (χ3n) is 5.44. The number of hydrogen-bond donors (Lipinski definition) is 2. The molecule has 2 aromatic rings. The Morgan fingerprint density at radius 3 is 2.80 bits per heavy atom. The van der Waals surface area contributed by atoms with E-state index in [1.165, 1.54) is 17.0 Å². The number of aromatic nitrogens is 1. The Bertz CT molecular complexity index is 938. The number of fused-ring (bicyclic) bond motifs is 2. The number of carboxylic acids is 1. The van der Waals surface area contributed by atoms with Gasteiger partial charge >= 0.3 is 5.97 Å². The Balaban J connectivity index is 1.80. The minimum absolute atomic E-state index is 0.0350. The Labute approximate surface area is 142 Å². The van der Waals surface area contributed by atoms with Gasteiger partial charge in [-0.05, 0) is 42.9 Å². The van der Waals surface area contributed by atoms with Crippen LogP contribution in [0, 0.1) is 17.7 Å². The van der Waals surface area contributed by atoms with E-state index in [1.54, 1.807) is 0 Å². The first-order chi connectivity index (χ1) is 12.0. The van der Waals surface area contributed by atoms with Crippen molar-refractivity contribution in [3.8, 4) is 0 Å². The number of aromatic amines is 1. The molecule has 2 N–H and O–H groups in total. The first-order valence-corrected chi connectivity index (χ1v) is 8.32. The monoisotopic (exact) mass is 344 g/mol. The van der Waals surface area contributed by atoms with Crippen LogP contribution in [-0.2, 0) is 4.79 Å². The van der Waals surface area contributed by atoms with Crippen molar-refractivity contribution in [3.05, 3.63) is 46.0 Å². The third kappa shape index (κ3) is 2.50. The van der Waals surface area contributed by atoms with Crippen LogP contribution in [0.15, 0.2) is 29.1 Å². The number of nitrogens with zero attached hydrogens (tertiary/aromatic N) is 1. The van der Waals surface area contributed by atoms with Gasteiger partial charge in [0.05, 0.1) is 11.1 Å². The van der Waals surface area contributed by atoms with E-state index in [-0.39, 0.29) is 22.9 Å². The summed E-state index contributed by atoms with van der Waals surface area (Å²) in [7, 11) is 0. The number of amides is 1. The lowest BCUT2D eigenvalue weighted by molar-refractivity contribution is -0.142. The topological polar surface area (TPSA) is 90.5 Å². The van der Waals surface area contributed by atoms with E-state index >= 15 is 0 Å². The highest BCUT2D eigenvalue weighted by Crippen LogP contribution is 2.42. The lowest BCUT2D eigenvalue weighted by Crippen LogP contribution is -2.43. The van der Waals surface area contributed by atoms with Crippen LogP contribution in [0.1, 0.15) is 29.6 Å². The molecule has 3 atom stereocenters. The van der Waals surface area contributed by atoms with Gasteiger partial charge in [0.15, 0.2) is 0 Å².